The normalized spacial score (nSPS) is 13.0. The Morgan fingerprint density at radius 1 is 1.44 bits per heavy atom. The van der Waals surface area contributed by atoms with Crippen LogP contribution in [0.2, 0.25) is 0 Å². The summed E-state index contributed by atoms with van der Waals surface area (Å²) >= 11 is 1.90. The molecule has 1 heterocycles. The maximum Gasteiger partial charge on any atom is 0.0593 e. The van der Waals surface area contributed by atoms with Crippen molar-refractivity contribution in [1.82, 2.24) is 9.88 Å². The second kappa shape index (κ2) is 7.00. The number of hydrogen-bond acceptors (Lipinski definition) is 4. The lowest BCUT2D eigenvalue weighted by atomic mass is 10.1. The molecule has 3 nitrogen and oxygen atoms in total. The molecule has 0 aromatic carbocycles. The molecule has 1 aromatic heterocycles. The molecule has 0 aliphatic carbocycles. The molecule has 1 unspecified atom stereocenters. The van der Waals surface area contributed by atoms with Crippen LogP contribution in [0.3, 0.4) is 0 Å². The second-order valence-electron chi connectivity index (χ2n) is 4.86. The fourth-order valence-corrected chi connectivity index (χ4v) is 2.94. The first kappa shape index (κ1) is 15.3. The number of nitrogen functional groups attached to an aromatic ring is 1. The lowest BCUT2D eigenvalue weighted by Gasteiger charge is -2.27. The molecule has 0 amide bonds. The smallest absolute Gasteiger partial charge is 0.0593 e. The predicted octanol–water partition coefficient (Wildman–Crippen LogP) is 2.85. The Morgan fingerprint density at radius 3 is 2.67 bits per heavy atom. The molecule has 1 aromatic rings. The summed E-state index contributed by atoms with van der Waals surface area (Å²) in [6, 6.07) is 0.601. The number of aryl methyl sites for hydroxylation is 1. The maximum atomic E-state index is 6.06. The van der Waals surface area contributed by atoms with Crippen molar-refractivity contribution in [1.29, 1.82) is 0 Å². The van der Waals surface area contributed by atoms with Crippen LogP contribution in [0.25, 0.3) is 0 Å². The number of aromatic nitrogens is 1. The van der Waals surface area contributed by atoms with Crippen molar-refractivity contribution in [2.24, 2.45) is 0 Å². The zero-order valence-corrected chi connectivity index (χ0v) is 13.0. The van der Waals surface area contributed by atoms with E-state index in [1.54, 1.807) is 0 Å². The van der Waals surface area contributed by atoms with Crippen LogP contribution in [0.5, 0.6) is 0 Å². The van der Waals surface area contributed by atoms with Gasteiger partial charge in [-0.2, -0.15) is 11.8 Å². The lowest BCUT2D eigenvalue weighted by molar-refractivity contribution is 0.244. The summed E-state index contributed by atoms with van der Waals surface area (Å²) in [6.45, 7) is 7.18. The van der Waals surface area contributed by atoms with E-state index >= 15 is 0 Å². The monoisotopic (exact) mass is 267 g/mol. The molecule has 0 bridgehead atoms. The van der Waals surface area contributed by atoms with E-state index < -0.39 is 0 Å². The Balaban J connectivity index is 2.81. The molecule has 102 valence electrons. The standard InChI is InChI=1S/C14H25N3S/c1-6-12(9-18-5)17(4)8-13-11(3)14(15)10(2)7-16-13/h7,12H,6,8-9H2,1-5H3,(H2,15,16). The number of nitrogens with two attached hydrogens (primary N) is 1. The summed E-state index contributed by atoms with van der Waals surface area (Å²) in [4.78, 5) is 6.90. The molecule has 0 saturated carbocycles. The molecule has 4 heteroatoms. The van der Waals surface area contributed by atoms with Crippen LogP contribution in [-0.2, 0) is 6.54 Å². The SMILES string of the molecule is CCC(CSC)N(C)Cc1ncc(C)c(N)c1C. The van der Waals surface area contributed by atoms with Gasteiger partial charge >= 0.3 is 0 Å². The molecule has 0 spiro atoms. The quantitative estimate of drug-likeness (QED) is 0.860. The van der Waals surface area contributed by atoms with Crippen LogP contribution in [0, 0.1) is 13.8 Å². The van der Waals surface area contributed by atoms with E-state index in [-0.39, 0.29) is 0 Å². The highest BCUT2D eigenvalue weighted by Crippen LogP contribution is 2.20. The van der Waals surface area contributed by atoms with Gasteiger partial charge in [0.1, 0.15) is 0 Å². The summed E-state index contributed by atoms with van der Waals surface area (Å²) in [5.41, 5.74) is 10.2. The molecule has 1 rings (SSSR count). The highest BCUT2D eigenvalue weighted by Gasteiger charge is 2.15. The number of hydrogen-bond donors (Lipinski definition) is 1. The van der Waals surface area contributed by atoms with Gasteiger partial charge in [-0.1, -0.05) is 6.92 Å². The Kier molecular flexibility index (Phi) is 5.96. The highest BCUT2D eigenvalue weighted by molar-refractivity contribution is 7.98. The van der Waals surface area contributed by atoms with Crippen LogP contribution in [0.15, 0.2) is 6.20 Å². The van der Waals surface area contributed by atoms with E-state index in [1.807, 2.05) is 24.9 Å². The fourth-order valence-electron chi connectivity index (χ4n) is 2.07. The van der Waals surface area contributed by atoms with E-state index in [9.17, 15) is 0 Å². The minimum atomic E-state index is 0.601. The lowest BCUT2D eigenvalue weighted by Crippen LogP contribution is -2.33. The van der Waals surface area contributed by atoms with Gasteiger partial charge in [0, 0.05) is 30.2 Å². The van der Waals surface area contributed by atoms with Crippen molar-refractivity contribution < 1.29 is 0 Å². The molecular formula is C14H25N3S. The van der Waals surface area contributed by atoms with Crippen LogP contribution < -0.4 is 5.73 Å². The van der Waals surface area contributed by atoms with Crippen molar-refractivity contribution in [2.75, 3.05) is 24.8 Å². The van der Waals surface area contributed by atoms with Crippen molar-refractivity contribution in [3.63, 3.8) is 0 Å². The molecule has 0 saturated heterocycles. The summed E-state index contributed by atoms with van der Waals surface area (Å²) in [5, 5.41) is 0. The Morgan fingerprint density at radius 2 is 2.11 bits per heavy atom. The highest BCUT2D eigenvalue weighted by atomic mass is 32.2. The minimum Gasteiger partial charge on any atom is -0.398 e. The molecule has 1 atom stereocenters. The van der Waals surface area contributed by atoms with Gasteiger partial charge in [0.15, 0.2) is 0 Å². The van der Waals surface area contributed by atoms with Crippen LogP contribution in [0.1, 0.15) is 30.2 Å². The summed E-state index contributed by atoms with van der Waals surface area (Å²) in [6.07, 6.45) is 5.20. The first-order chi connectivity index (χ1) is 8.51. The van der Waals surface area contributed by atoms with Crippen molar-refractivity contribution in [3.8, 4) is 0 Å². The zero-order valence-electron chi connectivity index (χ0n) is 12.2. The zero-order chi connectivity index (χ0) is 13.7. The third-order valence-electron chi connectivity index (χ3n) is 3.53. The van der Waals surface area contributed by atoms with Gasteiger partial charge in [0.25, 0.3) is 0 Å². The minimum absolute atomic E-state index is 0.601. The maximum absolute atomic E-state index is 6.06. The number of nitrogens with zero attached hydrogens (tertiary/aromatic N) is 2. The third-order valence-corrected chi connectivity index (χ3v) is 4.25. The Hall–Kier alpha value is -0.740. The average molecular weight is 267 g/mol. The van der Waals surface area contributed by atoms with Crippen molar-refractivity contribution >= 4 is 17.4 Å². The number of anilines is 1. The largest absolute Gasteiger partial charge is 0.398 e. The van der Waals surface area contributed by atoms with Crippen molar-refractivity contribution in [2.45, 2.75) is 39.8 Å². The van der Waals surface area contributed by atoms with Crippen LogP contribution in [-0.4, -0.2) is 35.0 Å². The topological polar surface area (TPSA) is 42.2 Å². The van der Waals surface area contributed by atoms with Gasteiger partial charge in [-0.15, -0.1) is 0 Å². The third kappa shape index (κ3) is 3.62. The van der Waals surface area contributed by atoms with E-state index in [2.05, 4.69) is 37.0 Å². The van der Waals surface area contributed by atoms with Gasteiger partial charge in [-0.3, -0.25) is 9.88 Å². The van der Waals surface area contributed by atoms with E-state index in [0.29, 0.717) is 6.04 Å². The van der Waals surface area contributed by atoms with Gasteiger partial charge in [0.2, 0.25) is 0 Å². The summed E-state index contributed by atoms with van der Waals surface area (Å²) < 4.78 is 0. The second-order valence-corrected chi connectivity index (χ2v) is 5.77. The Labute approximate surface area is 115 Å². The van der Waals surface area contributed by atoms with Crippen molar-refractivity contribution in [3.05, 3.63) is 23.0 Å². The average Bonchev–Trinajstić information content (AvgIpc) is 2.36. The molecule has 18 heavy (non-hydrogen) atoms. The molecular weight excluding hydrogens is 242 g/mol. The first-order valence-corrected chi connectivity index (χ1v) is 7.80. The molecule has 0 aliphatic rings. The molecule has 0 radical (unpaired) electrons. The first-order valence-electron chi connectivity index (χ1n) is 6.40. The number of pyridine rings is 1. The molecule has 0 aliphatic heterocycles. The van der Waals surface area contributed by atoms with E-state index in [1.165, 1.54) is 0 Å². The molecule has 2 N–H and O–H groups in total. The van der Waals surface area contributed by atoms with Gasteiger partial charge in [0.05, 0.1) is 5.69 Å². The van der Waals surface area contributed by atoms with Gasteiger partial charge < -0.3 is 5.73 Å². The Bertz CT molecular complexity index is 393. The number of thioether (sulfide) groups is 1. The molecule has 0 fully saturated rings. The van der Waals surface area contributed by atoms with Crippen LogP contribution in [0.4, 0.5) is 5.69 Å². The summed E-state index contributed by atoms with van der Waals surface area (Å²) in [5.74, 6) is 1.16. The van der Waals surface area contributed by atoms with Gasteiger partial charge in [-0.25, -0.2) is 0 Å². The fraction of sp³-hybridized carbons (Fsp3) is 0.643. The summed E-state index contributed by atoms with van der Waals surface area (Å²) in [7, 11) is 2.17. The van der Waals surface area contributed by atoms with Crippen LogP contribution >= 0.6 is 11.8 Å². The number of rotatable bonds is 6. The van der Waals surface area contributed by atoms with Gasteiger partial charge in [-0.05, 0) is 44.7 Å². The van der Waals surface area contributed by atoms with E-state index in [0.717, 1.165) is 41.2 Å². The van der Waals surface area contributed by atoms with E-state index in [4.69, 9.17) is 5.73 Å². The predicted molar refractivity (Wildman–Crippen MR) is 82.1 cm³/mol.